The maximum absolute atomic E-state index is 14.3. The molecule has 0 amide bonds. The van der Waals surface area contributed by atoms with E-state index in [4.69, 9.17) is 21.6 Å². The van der Waals surface area contributed by atoms with E-state index in [-0.39, 0.29) is 42.8 Å². The maximum Gasteiger partial charge on any atom is 0.335 e. The number of rotatable bonds is 8. The first-order chi connectivity index (χ1) is 18.9. The summed E-state index contributed by atoms with van der Waals surface area (Å²) in [4.78, 5) is 31.9. The number of esters is 1. The molecule has 0 radical (unpaired) electrons. The van der Waals surface area contributed by atoms with Crippen LogP contribution in [-0.2, 0) is 37.3 Å². The van der Waals surface area contributed by atoms with Crippen LogP contribution in [0.2, 0.25) is 0 Å². The Morgan fingerprint density at radius 1 is 1.20 bits per heavy atom. The number of nitrogens with one attached hydrogen (secondary N) is 1. The van der Waals surface area contributed by atoms with Crippen molar-refractivity contribution in [2.45, 2.75) is 69.0 Å². The Morgan fingerprint density at radius 2 is 1.95 bits per heavy atom. The molecule has 220 valence electrons. The average molecular weight is 575 g/mol. The first kappa shape index (κ1) is 30.2. The van der Waals surface area contributed by atoms with E-state index < -0.39 is 33.4 Å². The Bertz CT molecular complexity index is 1300. The molecule has 12 heteroatoms. The van der Waals surface area contributed by atoms with Gasteiger partial charge < -0.3 is 26.0 Å². The smallest absolute Gasteiger partial charge is 0.335 e. The quantitative estimate of drug-likeness (QED) is 0.136. The Balaban J connectivity index is 1.73. The molecule has 0 aromatic heterocycles. The van der Waals surface area contributed by atoms with Crippen molar-refractivity contribution in [1.29, 1.82) is 5.41 Å². The number of hydrogen-bond acceptors (Lipinski definition) is 8. The van der Waals surface area contributed by atoms with Gasteiger partial charge in [-0.2, -0.15) is 4.31 Å². The fourth-order valence-electron chi connectivity index (χ4n) is 6.13. The van der Waals surface area contributed by atoms with Crippen molar-refractivity contribution in [2.24, 2.45) is 17.4 Å². The normalized spacial score (nSPS) is 25.1. The third-order valence-electron chi connectivity index (χ3n) is 8.27. The van der Waals surface area contributed by atoms with Gasteiger partial charge in [0.2, 0.25) is 10.0 Å². The number of benzene rings is 1. The Kier molecular flexibility index (Phi) is 9.03. The third-order valence-corrected chi connectivity index (χ3v) is 10.2. The van der Waals surface area contributed by atoms with E-state index in [1.54, 1.807) is 24.0 Å². The van der Waals surface area contributed by atoms with Crippen molar-refractivity contribution in [3.05, 3.63) is 41.0 Å². The van der Waals surface area contributed by atoms with Crippen LogP contribution in [0.15, 0.2) is 34.7 Å². The number of carbonyl (C=O) groups is 2. The minimum absolute atomic E-state index is 0.00142. The predicted molar refractivity (Wildman–Crippen MR) is 152 cm³/mol. The van der Waals surface area contributed by atoms with Crippen LogP contribution in [0.4, 0.5) is 0 Å². The lowest BCUT2D eigenvalue weighted by Crippen LogP contribution is -2.68. The van der Waals surface area contributed by atoms with Crippen molar-refractivity contribution in [2.75, 3.05) is 39.8 Å². The van der Waals surface area contributed by atoms with Gasteiger partial charge in [0.15, 0.2) is 17.3 Å². The van der Waals surface area contributed by atoms with Gasteiger partial charge >= 0.3 is 5.97 Å². The standard InChI is InChI=1S/C28H42N6O5S/c1-4-39-26(36)28(25(35)24(29)14-20-6-5-11-33(17-20)27(30)31)16-19(2)9-13-34(28)40(37,38)23-8-7-21-10-12-32(3)18-22(21)15-23/h6-8,15,19,24H,4-5,9-14,16-18,29H2,1-3H3,(H3,30,31)/t19-,24?,28+/m1/s1. The number of nitrogens with two attached hydrogens (primary N) is 2. The first-order valence-corrected chi connectivity index (χ1v) is 15.4. The van der Waals surface area contributed by atoms with Gasteiger partial charge in [-0.3, -0.25) is 10.2 Å². The Morgan fingerprint density at radius 3 is 2.65 bits per heavy atom. The molecule has 0 bridgehead atoms. The highest BCUT2D eigenvalue weighted by atomic mass is 32.2. The molecule has 3 heterocycles. The number of Topliss-reactive ketones (excluding diaryl/α,β-unsaturated/α-hetero) is 1. The molecular weight excluding hydrogens is 532 g/mol. The lowest BCUT2D eigenvalue weighted by molar-refractivity contribution is -0.163. The van der Waals surface area contributed by atoms with Crippen LogP contribution >= 0.6 is 0 Å². The first-order valence-electron chi connectivity index (χ1n) is 14.0. The van der Waals surface area contributed by atoms with Gasteiger partial charge in [-0.1, -0.05) is 24.6 Å². The lowest BCUT2D eigenvalue weighted by Gasteiger charge is -2.45. The summed E-state index contributed by atoms with van der Waals surface area (Å²) in [6, 6.07) is 3.92. The van der Waals surface area contributed by atoms with Crippen LogP contribution in [0, 0.1) is 11.3 Å². The second kappa shape index (κ2) is 12.0. The maximum atomic E-state index is 14.3. The van der Waals surface area contributed by atoms with Gasteiger partial charge in [0.1, 0.15) is 0 Å². The van der Waals surface area contributed by atoms with Gasteiger partial charge in [-0.05, 0) is 75.3 Å². The fourth-order valence-corrected chi connectivity index (χ4v) is 7.91. The molecule has 5 N–H and O–H groups in total. The summed E-state index contributed by atoms with van der Waals surface area (Å²) >= 11 is 0. The number of ketones is 1. The van der Waals surface area contributed by atoms with Crippen LogP contribution in [0.25, 0.3) is 0 Å². The van der Waals surface area contributed by atoms with Crippen molar-refractivity contribution in [1.82, 2.24) is 14.1 Å². The van der Waals surface area contributed by atoms with Gasteiger partial charge in [0.05, 0.1) is 17.5 Å². The highest BCUT2D eigenvalue weighted by Crippen LogP contribution is 2.40. The van der Waals surface area contributed by atoms with Gasteiger partial charge in [-0.25, -0.2) is 13.2 Å². The number of carbonyl (C=O) groups excluding carboxylic acids is 2. The SMILES string of the molecule is CCOC(=O)[C@@]1(C(=O)C(N)CC2=CCCN(C(=N)N)C2)C[C@H](C)CCN1S(=O)(=O)c1ccc2c(c1)CN(C)CC2. The van der Waals surface area contributed by atoms with E-state index in [0.717, 1.165) is 34.0 Å². The molecule has 1 aromatic carbocycles. The van der Waals surface area contributed by atoms with E-state index in [1.165, 1.54) is 0 Å². The molecule has 11 nitrogen and oxygen atoms in total. The number of piperidine rings is 1. The largest absolute Gasteiger partial charge is 0.464 e. The highest BCUT2D eigenvalue weighted by Gasteiger charge is 2.60. The molecule has 0 spiro atoms. The van der Waals surface area contributed by atoms with Crippen molar-refractivity contribution >= 4 is 27.7 Å². The molecule has 0 aliphatic carbocycles. The van der Waals surface area contributed by atoms with Crippen molar-refractivity contribution < 1.29 is 22.7 Å². The number of guanidine groups is 1. The lowest BCUT2D eigenvalue weighted by atomic mass is 9.76. The molecule has 3 atom stereocenters. The Hall–Kier alpha value is -2.80. The van der Waals surface area contributed by atoms with Crippen LogP contribution < -0.4 is 11.5 Å². The van der Waals surface area contributed by atoms with Gasteiger partial charge in [0, 0.05) is 32.7 Å². The van der Waals surface area contributed by atoms with E-state index in [9.17, 15) is 18.0 Å². The van der Waals surface area contributed by atoms with Crippen LogP contribution in [-0.4, -0.2) is 91.6 Å². The molecule has 1 unspecified atom stereocenters. The molecule has 1 aromatic rings. The summed E-state index contributed by atoms with van der Waals surface area (Å²) in [5.74, 6) is -1.72. The zero-order chi connectivity index (χ0) is 29.2. The van der Waals surface area contributed by atoms with Gasteiger partial charge in [0.25, 0.3) is 0 Å². The Labute approximate surface area is 237 Å². The number of likely N-dealkylation sites (N-methyl/N-ethyl adjacent to an activating group) is 1. The summed E-state index contributed by atoms with van der Waals surface area (Å²) in [6.45, 7) is 5.98. The number of sulfonamides is 1. The molecule has 3 aliphatic heterocycles. The zero-order valence-corrected chi connectivity index (χ0v) is 24.5. The third kappa shape index (κ3) is 5.81. The minimum Gasteiger partial charge on any atom is -0.464 e. The minimum atomic E-state index is -4.27. The van der Waals surface area contributed by atoms with Crippen LogP contribution in [0.3, 0.4) is 0 Å². The van der Waals surface area contributed by atoms with E-state index in [1.807, 2.05) is 26.1 Å². The average Bonchev–Trinajstić information content (AvgIpc) is 2.92. The van der Waals surface area contributed by atoms with Crippen molar-refractivity contribution in [3.8, 4) is 0 Å². The predicted octanol–water partition coefficient (Wildman–Crippen LogP) is 1.21. The zero-order valence-electron chi connectivity index (χ0n) is 23.7. The molecule has 1 fully saturated rings. The monoisotopic (exact) mass is 574 g/mol. The fraction of sp³-hybridized carbons (Fsp3) is 0.607. The molecular formula is C28H42N6O5S. The molecule has 0 saturated carbocycles. The summed E-state index contributed by atoms with van der Waals surface area (Å²) in [5.41, 5.74) is 12.9. The second-order valence-electron chi connectivity index (χ2n) is 11.3. The summed E-state index contributed by atoms with van der Waals surface area (Å²) in [5, 5.41) is 7.75. The summed E-state index contributed by atoms with van der Waals surface area (Å²) in [7, 11) is -2.28. The molecule has 3 aliphatic rings. The second-order valence-corrected chi connectivity index (χ2v) is 13.2. The number of fused-ring (bicyclic) bond motifs is 1. The summed E-state index contributed by atoms with van der Waals surface area (Å²) in [6.07, 6.45) is 4.04. The topological polar surface area (TPSA) is 163 Å². The molecule has 40 heavy (non-hydrogen) atoms. The van der Waals surface area contributed by atoms with E-state index >= 15 is 0 Å². The van der Waals surface area contributed by atoms with E-state index in [0.29, 0.717) is 32.5 Å². The highest BCUT2D eigenvalue weighted by molar-refractivity contribution is 7.89. The number of hydrogen-bond donors (Lipinski definition) is 3. The number of ether oxygens (including phenoxy) is 1. The van der Waals surface area contributed by atoms with Crippen LogP contribution in [0.5, 0.6) is 0 Å². The van der Waals surface area contributed by atoms with Crippen LogP contribution in [0.1, 0.15) is 50.7 Å². The van der Waals surface area contributed by atoms with E-state index in [2.05, 4.69) is 4.90 Å². The van der Waals surface area contributed by atoms with Crippen molar-refractivity contribution in [3.63, 3.8) is 0 Å². The number of nitrogens with zero attached hydrogens (tertiary/aromatic N) is 3. The molecule has 1 saturated heterocycles. The summed E-state index contributed by atoms with van der Waals surface area (Å²) < 4.78 is 35.0. The van der Waals surface area contributed by atoms with Gasteiger partial charge in [-0.15, -0.1) is 0 Å². The molecule has 4 rings (SSSR count).